The van der Waals surface area contributed by atoms with Crippen molar-refractivity contribution in [2.45, 2.75) is 59.3 Å². The molecule has 0 aliphatic heterocycles. The summed E-state index contributed by atoms with van der Waals surface area (Å²) in [6, 6.07) is 36.2. The van der Waals surface area contributed by atoms with E-state index < -0.39 is 0 Å². The van der Waals surface area contributed by atoms with Gasteiger partial charge in [0.15, 0.2) is 0 Å². The van der Waals surface area contributed by atoms with Gasteiger partial charge in [-0.15, -0.1) is 0 Å². The minimum Gasteiger partial charge on any atom is -0.318 e. The molecular formula is C52H48N2. The Labute approximate surface area is 320 Å². The quantitative estimate of drug-likeness (QED) is 0.171. The summed E-state index contributed by atoms with van der Waals surface area (Å²) in [5, 5.41) is 1.36. The molecular weight excluding hydrogens is 653 g/mol. The molecule has 0 fully saturated rings. The molecule has 0 N–H and O–H groups in total. The molecule has 4 aromatic carbocycles. The molecule has 0 spiro atoms. The Balaban J connectivity index is 0.995. The first-order valence-electron chi connectivity index (χ1n) is 20.0. The predicted octanol–water partition coefficient (Wildman–Crippen LogP) is 13.7. The first-order valence-corrected chi connectivity index (χ1v) is 20.0. The summed E-state index contributed by atoms with van der Waals surface area (Å²) in [6.45, 7) is 7.36. The highest BCUT2D eigenvalue weighted by Crippen LogP contribution is 2.58. The van der Waals surface area contributed by atoms with Crippen molar-refractivity contribution in [3.63, 3.8) is 0 Å². The first kappa shape index (κ1) is 33.0. The van der Waals surface area contributed by atoms with Crippen molar-refractivity contribution in [2.75, 3.05) is 4.90 Å². The van der Waals surface area contributed by atoms with Crippen molar-refractivity contribution in [3.8, 4) is 27.9 Å². The number of nitrogens with zero attached hydrogens (tertiary/aromatic N) is 2. The van der Waals surface area contributed by atoms with Crippen LogP contribution in [0.25, 0.3) is 44.9 Å². The predicted molar refractivity (Wildman–Crippen MR) is 228 cm³/mol. The van der Waals surface area contributed by atoms with Crippen LogP contribution in [0.2, 0.25) is 0 Å². The van der Waals surface area contributed by atoms with Gasteiger partial charge in [0.05, 0.1) is 5.52 Å². The highest BCUT2D eigenvalue weighted by atomic mass is 15.2. The van der Waals surface area contributed by atoms with Crippen LogP contribution in [0.5, 0.6) is 0 Å². The van der Waals surface area contributed by atoms with Gasteiger partial charge in [0.1, 0.15) is 0 Å². The molecule has 5 aromatic rings. The summed E-state index contributed by atoms with van der Waals surface area (Å²) in [5.41, 5.74) is 19.2. The molecule has 0 bridgehead atoms. The monoisotopic (exact) mass is 700 g/mol. The normalized spacial score (nSPS) is 21.0. The standard InChI is InChI=1S/C52H48N2/c1-35-13-12-19-47-51(35)45-31-30-43(34-48(45)52(47,2)3)53(40-16-8-5-9-17-40)41-26-23-38(24-27-41)39-25-32-50-46(33-39)44-18-10-11-20-49(44)54(50)42-28-21-37(22-29-42)36-14-6-4-7-15-36/h4-8,11-12,14-16,19-33,35,48H,9-10,13,17-18,34H2,1-3H3. The summed E-state index contributed by atoms with van der Waals surface area (Å²) in [5.74, 6) is 1.09. The Kier molecular flexibility index (Phi) is 7.98. The van der Waals surface area contributed by atoms with Crippen LogP contribution in [0.4, 0.5) is 5.69 Å². The third-order valence-electron chi connectivity index (χ3n) is 12.9. The topological polar surface area (TPSA) is 8.17 Å². The lowest BCUT2D eigenvalue weighted by Crippen LogP contribution is -2.30. The van der Waals surface area contributed by atoms with E-state index in [2.05, 4.69) is 182 Å². The van der Waals surface area contributed by atoms with Gasteiger partial charge in [-0.1, -0.05) is 118 Å². The van der Waals surface area contributed by atoms with Crippen LogP contribution < -0.4 is 4.90 Å². The number of anilines is 1. The molecule has 0 saturated heterocycles. The van der Waals surface area contributed by atoms with E-state index in [1.165, 1.54) is 67.2 Å². The number of benzene rings is 4. The Morgan fingerprint density at radius 2 is 1.43 bits per heavy atom. The van der Waals surface area contributed by atoms with Gasteiger partial charge in [-0.05, 0) is 155 Å². The fraction of sp³-hybridized carbons (Fsp3) is 0.231. The van der Waals surface area contributed by atoms with Gasteiger partial charge < -0.3 is 9.47 Å². The first-order chi connectivity index (χ1) is 26.5. The van der Waals surface area contributed by atoms with Crippen molar-refractivity contribution < 1.29 is 0 Å². The van der Waals surface area contributed by atoms with E-state index in [-0.39, 0.29) is 5.41 Å². The van der Waals surface area contributed by atoms with E-state index >= 15 is 0 Å². The molecule has 2 atom stereocenters. The van der Waals surface area contributed by atoms with Crippen LogP contribution in [0, 0.1) is 17.3 Å². The zero-order chi connectivity index (χ0) is 36.4. The van der Waals surface area contributed by atoms with Gasteiger partial charge in [-0.2, -0.15) is 0 Å². The van der Waals surface area contributed by atoms with Crippen LogP contribution >= 0.6 is 0 Å². The molecule has 2 nitrogen and oxygen atoms in total. The molecule has 5 aliphatic rings. The lowest BCUT2D eigenvalue weighted by molar-refractivity contribution is 0.329. The Hall–Kier alpha value is -5.60. The SMILES string of the molecule is CC1CC=CC2=C1C1=CC=C(N(C3=CC=CCC3)c3ccc(-c4ccc5c(c4)c4c(n5-c5ccc(-c6ccccc6)cc5)C=CCC4)cc3)CC1C2(C)C. The van der Waals surface area contributed by atoms with Crippen LogP contribution in [0.3, 0.4) is 0 Å². The lowest BCUT2D eigenvalue weighted by atomic mass is 9.72. The molecule has 10 rings (SSSR count). The van der Waals surface area contributed by atoms with Gasteiger partial charge in [0.25, 0.3) is 0 Å². The van der Waals surface area contributed by atoms with E-state index in [0.29, 0.717) is 11.8 Å². The molecule has 0 saturated carbocycles. The second-order valence-corrected chi connectivity index (χ2v) is 16.4. The fourth-order valence-corrected chi connectivity index (χ4v) is 10.1. The van der Waals surface area contributed by atoms with Gasteiger partial charge in [0, 0.05) is 33.8 Å². The number of allylic oxidation sites excluding steroid dienone is 13. The van der Waals surface area contributed by atoms with Gasteiger partial charge in [-0.25, -0.2) is 0 Å². The van der Waals surface area contributed by atoms with Crippen LogP contribution in [0.1, 0.15) is 64.1 Å². The number of aromatic nitrogens is 1. The van der Waals surface area contributed by atoms with Gasteiger partial charge >= 0.3 is 0 Å². The second-order valence-electron chi connectivity index (χ2n) is 16.4. The molecule has 266 valence electrons. The number of hydrogen-bond donors (Lipinski definition) is 0. The van der Waals surface area contributed by atoms with Crippen molar-refractivity contribution in [3.05, 3.63) is 185 Å². The maximum absolute atomic E-state index is 2.57. The van der Waals surface area contributed by atoms with Crippen LogP contribution in [-0.2, 0) is 6.42 Å². The molecule has 54 heavy (non-hydrogen) atoms. The zero-order valence-corrected chi connectivity index (χ0v) is 31.7. The minimum atomic E-state index is 0.125. The van der Waals surface area contributed by atoms with E-state index in [0.717, 1.165) is 38.5 Å². The molecule has 1 heterocycles. The molecule has 5 aliphatic carbocycles. The summed E-state index contributed by atoms with van der Waals surface area (Å²) < 4.78 is 2.46. The maximum Gasteiger partial charge on any atom is 0.0538 e. The third kappa shape index (κ3) is 5.37. The molecule has 0 amide bonds. The number of hydrogen-bond acceptors (Lipinski definition) is 1. The third-order valence-corrected chi connectivity index (χ3v) is 12.9. The highest BCUT2D eigenvalue weighted by molar-refractivity contribution is 5.94. The average molecular weight is 701 g/mol. The van der Waals surface area contributed by atoms with Gasteiger partial charge in [-0.3, -0.25) is 0 Å². The second kappa shape index (κ2) is 13.1. The lowest BCUT2D eigenvalue weighted by Gasteiger charge is -2.38. The molecule has 0 radical (unpaired) electrons. The largest absolute Gasteiger partial charge is 0.318 e. The minimum absolute atomic E-state index is 0.125. The Morgan fingerprint density at radius 3 is 2.22 bits per heavy atom. The van der Waals surface area contributed by atoms with Crippen molar-refractivity contribution in [1.82, 2.24) is 4.57 Å². The van der Waals surface area contributed by atoms with Crippen molar-refractivity contribution >= 4 is 22.7 Å². The average Bonchev–Trinajstić information content (AvgIpc) is 3.67. The maximum atomic E-state index is 2.57. The molecule has 1 aromatic heterocycles. The van der Waals surface area contributed by atoms with E-state index in [9.17, 15) is 0 Å². The van der Waals surface area contributed by atoms with E-state index in [1.54, 1.807) is 16.7 Å². The Morgan fingerprint density at radius 1 is 0.685 bits per heavy atom. The summed E-state index contributed by atoms with van der Waals surface area (Å²) in [7, 11) is 0. The van der Waals surface area contributed by atoms with Crippen molar-refractivity contribution in [1.29, 1.82) is 0 Å². The molecule has 2 unspecified atom stereocenters. The van der Waals surface area contributed by atoms with E-state index in [1.807, 2.05) is 0 Å². The van der Waals surface area contributed by atoms with Crippen LogP contribution in [-0.4, -0.2) is 4.57 Å². The number of rotatable bonds is 6. The highest BCUT2D eigenvalue weighted by Gasteiger charge is 2.47. The van der Waals surface area contributed by atoms with E-state index in [4.69, 9.17) is 0 Å². The van der Waals surface area contributed by atoms with Crippen molar-refractivity contribution in [2.24, 2.45) is 17.3 Å². The number of aryl methyl sites for hydroxylation is 1. The summed E-state index contributed by atoms with van der Waals surface area (Å²) in [4.78, 5) is 2.57. The fourth-order valence-electron chi connectivity index (χ4n) is 10.1. The van der Waals surface area contributed by atoms with Gasteiger partial charge in [0.2, 0.25) is 0 Å². The molecule has 2 heteroatoms. The zero-order valence-electron chi connectivity index (χ0n) is 31.7. The summed E-state index contributed by atoms with van der Waals surface area (Å²) >= 11 is 0. The summed E-state index contributed by atoms with van der Waals surface area (Å²) in [6.07, 6.45) is 27.7. The Bertz CT molecular complexity index is 2500. The smallest absolute Gasteiger partial charge is 0.0538 e. The van der Waals surface area contributed by atoms with Crippen LogP contribution in [0.15, 0.2) is 174 Å². The number of fused-ring (bicyclic) bond motifs is 5.